The zero-order chi connectivity index (χ0) is 9.90. The highest BCUT2D eigenvalue weighted by molar-refractivity contribution is 4.51. The number of hydrogen-bond acceptors (Lipinski definition) is 2. The van der Waals surface area contributed by atoms with Gasteiger partial charge in [0.15, 0.2) is 0 Å². The second-order valence-electron chi connectivity index (χ2n) is 4.05. The maximum atomic E-state index is 4.94. The molecule has 2 aliphatic rings. The molecule has 0 atom stereocenters. The van der Waals surface area contributed by atoms with E-state index in [-0.39, 0.29) is 0 Å². The smallest absolute Gasteiger partial charge is 0.0701 e. The quantitative estimate of drug-likeness (QED) is 0.598. The Balaban J connectivity index is 0.000000146. The molecule has 2 heteroatoms. The van der Waals surface area contributed by atoms with Crippen LogP contribution in [-0.4, -0.2) is 26.4 Å². The summed E-state index contributed by atoms with van der Waals surface area (Å²) in [7, 11) is 0. The van der Waals surface area contributed by atoms with E-state index in [4.69, 9.17) is 9.47 Å². The van der Waals surface area contributed by atoms with Crippen molar-refractivity contribution >= 4 is 0 Å². The van der Waals surface area contributed by atoms with Gasteiger partial charge in [0.2, 0.25) is 0 Å². The monoisotopic (exact) mass is 200 g/mol. The van der Waals surface area contributed by atoms with Gasteiger partial charge < -0.3 is 9.47 Å². The van der Waals surface area contributed by atoms with Gasteiger partial charge in [0.05, 0.1) is 26.4 Å². The first-order valence-corrected chi connectivity index (χ1v) is 6.15. The van der Waals surface area contributed by atoms with Gasteiger partial charge >= 0.3 is 0 Å². The third-order valence-electron chi connectivity index (χ3n) is 2.74. The molecular weight excluding hydrogens is 176 g/mol. The first-order valence-electron chi connectivity index (χ1n) is 6.15. The van der Waals surface area contributed by atoms with Gasteiger partial charge in [0.25, 0.3) is 0 Å². The van der Waals surface area contributed by atoms with Crippen molar-refractivity contribution in [2.75, 3.05) is 26.4 Å². The van der Waals surface area contributed by atoms with Crippen molar-refractivity contribution in [1.82, 2.24) is 0 Å². The molecule has 0 spiro atoms. The highest BCUT2D eigenvalue weighted by Crippen LogP contribution is 2.15. The molecule has 0 radical (unpaired) electrons. The molecule has 2 fully saturated rings. The Morgan fingerprint density at radius 1 is 0.357 bits per heavy atom. The van der Waals surface area contributed by atoms with Crippen LogP contribution in [0.5, 0.6) is 0 Å². The molecule has 14 heavy (non-hydrogen) atoms. The van der Waals surface area contributed by atoms with Crippen LogP contribution in [0, 0.1) is 0 Å². The number of hydrogen-bond donors (Lipinski definition) is 0. The average molecular weight is 200 g/mol. The first kappa shape index (κ1) is 12.0. The van der Waals surface area contributed by atoms with E-state index in [1.165, 1.54) is 51.4 Å². The average Bonchev–Trinajstić information content (AvgIpc) is 2.20. The van der Waals surface area contributed by atoms with Crippen molar-refractivity contribution in [2.45, 2.75) is 51.4 Å². The lowest BCUT2D eigenvalue weighted by Gasteiger charge is -2.09. The van der Waals surface area contributed by atoms with Crippen LogP contribution in [-0.2, 0) is 9.47 Å². The lowest BCUT2D eigenvalue weighted by atomic mass is 10.0. The minimum absolute atomic E-state index is 0.778. The maximum absolute atomic E-state index is 4.94. The Labute approximate surface area is 88.0 Å². The third-order valence-corrected chi connectivity index (χ3v) is 2.74. The molecule has 0 amide bonds. The van der Waals surface area contributed by atoms with Crippen LogP contribution in [0.15, 0.2) is 0 Å². The lowest BCUT2D eigenvalue weighted by molar-refractivity contribution is -0.0334. The van der Waals surface area contributed by atoms with E-state index in [1.54, 1.807) is 0 Å². The Bertz CT molecular complexity index is 75.4. The zero-order valence-corrected chi connectivity index (χ0v) is 9.30. The van der Waals surface area contributed by atoms with E-state index in [0.717, 1.165) is 26.4 Å². The summed E-state index contributed by atoms with van der Waals surface area (Å²) >= 11 is 0. The minimum Gasteiger partial charge on any atom is -0.377 e. The van der Waals surface area contributed by atoms with Crippen molar-refractivity contribution in [2.24, 2.45) is 0 Å². The van der Waals surface area contributed by atoms with Crippen molar-refractivity contribution in [3.8, 4) is 0 Å². The van der Waals surface area contributed by atoms with E-state index in [9.17, 15) is 0 Å². The van der Waals surface area contributed by atoms with Gasteiger partial charge in [-0.3, -0.25) is 0 Å². The fraction of sp³-hybridized carbons (Fsp3) is 1.00. The van der Waals surface area contributed by atoms with Crippen LogP contribution in [0.2, 0.25) is 0 Å². The second-order valence-corrected chi connectivity index (χ2v) is 4.05. The van der Waals surface area contributed by atoms with Crippen LogP contribution in [0.25, 0.3) is 0 Å². The summed E-state index contributed by atoms with van der Waals surface area (Å²) < 4.78 is 9.89. The largest absolute Gasteiger partial charge is 0.377 e. The highest BCUT2D eigenvalue weighted by Gasteiger charge is 1.95. The van der Waals surface area contributed by atoms with Gasteiger partial charge in [-0.25, -0.2) is 0 Å². The van der Waals surface area contributed by atoms with Crippen LogP contribution in [0.1, 0.15) is 51.4 Å². The van der Waals surface area contributed by atoms with Gasteiger partial charge in [-0.1, -0.05) is 51.4 Å². The fourth-order valence-corrected chi connectivity index (χ4v) is 1.85. The number of ether oxygens (including phenoxy) is 2. The molecule has 1 saturated carbocycles. The Morgan fingerprint density at radius 2 is 0.571 bits per heavy atom. The molecule has 0 N–H and O–H groups in total. The highest BCUT2D eigenvalue weighted by atomic mass is 16.6. The fourth-order valence-electron chi connectivity index (χ4n) is 1.85. The van der Waals surface area contributed by atoms with Gasteiger partial charge in [-0.15, -0.1) is 0 Å². The first-order chi connectivity index (χ1) is 7.00. The van der Waals surface area contributed by atoms with Crippen molar-refractivity contribution < 1.29 is 9.47 Å². The summed E-state index contributed by atoms with van der Waals surface area (Å²) in [5.74, 6) is 0. The molecule has 2 nitrogen and oxygen atoms in total. The molecule has 84 valence electrons. The Kier molecular flexibility index (Phi) is 8.12. The Morgan fingerprint density at radius 3 is 0.714 bits per heavy atom. The molecule has 1 saturated heterocycles. The molecule has 0 bridgehead atoms. The lowest BCUT2D eigenvalue weighted by Crippen LogP contribution is -2.16. The van der Waals surface area contributed by atoms with Gasteiger partial charge in [0.1, 0.15) is 0 Å². The topological polar surface area (TPSA) is 18.5 Å². The summed E-state index contributed by atoms with van der Waals surface area (Å²) in [5, 5.41) is 0. The van der Waals surface area contributed by atoms with E-state index in [0.29, 0.717) is 0 Å². The second kappa shape index (κ2) is 9.47. The van der Waals surface area contributed by atoms with Crippen LogP contribution in [0.4, 0.5) is 0 Å². The summed E-state index contributed by atoms with van der Waals surface area (Å²) in [6.45, 7) is 3.11. The van der Waals surface area contributed by atoms with Gasteiger partial charge in [-0.05, 0) is 0 Å². The molecular formula is C12H24O2. The summed E-state index contributed by atoms with van der Waals surface area (Å²) in [6.07, 6.45) is 12.0. The van der Waals surface area contributed by atoms with Crippen LogP contribution >= 0.6 is 0 Å². The third kappa shape index (κ3) is 7.34. The number of rotatable bonds is 0. The molecule has 0 unspecified atom stereocenters. The summed E-state index contributed by atoms with van der Waals surface area (Å²) in [5.41, 5.74) is 0. The van der Waals surface area contributed by atoms with E-state index >= 15 is 0 Å². The molecule has 1 aliphatic carbocycles. The zero-order valence-electron chi connectivity index (χ0n) is 9.30. The SMILES string of the molecule is C1CCCCCCC1.C1COCCO1. The molecule has 2 rings (SSSR count). The van der Waals surface area contributed by atoms with Gasteiger partial charge in [0, 0.05) is 0 Å². The molecule has 0 aromatic heterocycles. The Hall–Kier alpha value is -0.0800. The molecule has 0 aromatic carbocycles. The van der Waals surface area contributed by atoms with Crippen molar-refractivity contribution in [3.63, 3.8) is 0 Å². The predicted octanol–water partition coefficient (Wildman–Crippen LogP) is 3.15. The van der Waals surface area contributed by atoms with Crippen molar-refractivity contribution in [1.29, 1.82) is 0 Å². The standard InChI is InChI=1S/C8H16.C4H8O2/c1-2-4-6-8-7-5-3-1;1-2-6-4-3-5-1/h1-8H2;1-4H2. The van der Waals surface area contributed by atoms with E-state index < -0.39 is 0 Å². The van der Waals surface area contributed by atoms with E-state index in [1.807, 2.05) is 0 Å². The maximum Gasteiger partial charge on any atom is 0.0701 e. The van der Waals surface area contributed by atoms with E-state index in [2.05, 4.69) is 0 Å². The normalized spacial score (nSPS) is 24.0. The molecule has 0 aromatic rings. The van der Waals surface area contributed by atoms with Crippen molar-refractivity contribution in [3.05, 3.63) is 0 Å². The summed E-state index contributed by atoms with van der Waals surface area (Å²) in [6, 6.07) is 0. The molecule has 1 heterocycles. The predicted molar refractivity (Wildman–Crippen MR) is 58.6 cm³/mol. The minimum atomic E-state index is 0.778. The molecule has 1 aliphatic heterocycles. The van der Waals surface area contributed by atoms with Crippen LogP contribution < -0.4 is 0 Å². The van der Waals surface area contributed by atoms with Crippen LogP contribution in [0.3, 0.4) is 0 Å². The van der Waals surface area contributed by atoms with Gasteiger partial charge in [-0.2, -0.15) is 0 Å². The summed E-state index contributed by atoms with van der Waals surface area (Å²) in [4.78, 5) is 0.